The number of nitrogens with zero attached hydrogens (tertiary/aromatic N) is 3. The molecule has 0 bridgehead atoms. The fourth-order valence-corrected chi connectivity index (χ4v) is 3.75. The van der Waals surface area contributed by atoms with Crippen LogP contribution in [-0.2, 0) is 0 Å². The molecule has 0 aromatic heterocycles. The third-order valence-electron chi connectivity index (χ3n) is 4.14. The third kappa shape index (κ3) is 4.08. The van der Waals surface area contributed by atoms with Crippen LogP contribution in [0.5, 0.6) is 0 Å². The Morgan fingerprint density at radius 2 is 1.56 bits per heavy atom. The average molecular weight is 359 g/mol. The normalized spacial score (nSPS) is 14.3. The highest BCUT2D eigenvalue weighted by molar-refractivity contribution is 7.99. The predicted molar refractivity (Wildman–Crippen MR) is 96.4 cm³/mol. The molecule has 0 saturated carbocycles. The van der Waals surface area contributed by atoms with Crippen molar-refractivity contribution in [3.63, 3.8) is 0 Å². The van der Waals surface area contributed by atoms with Crippen molar-refractivity contribution in [1.82, 2.24) is 0 Å². The van der Waals surface area contributed by atoms with Crippen LogP contribution in [0.4, 0.5) is 17.1 Å². The smallest absolute Gasteiger partial charge is 0.290 e. The Morgan fingerprint density at radius 1 is 0.880 bits per heavy atom. The molecule has 1 aliphatic rings. The summed E-state index contributed by atoms with van der Waals surface area (Å²) in [7, 11) is 0. The molecule has 7 nitrogen and oxygen atoms in total. The Morgan fingerprint density at radius 3 is 2.16 bits per heavy atom. The van der Waals surface area contributed by atoms with E-state index in [0.29, 0.717) is 4.90 Å². The van der Waals surface area contributed by atoms with Gasteiger partial charge >= 0.3 is 0 Å². The summed E-state index contributed by atoms with van der Waals surface area (Å²) in [5.74, 6) is 0. The van der Waals surface area contributed by atoms with Crippen molar-refractivity contribution in [2.24, 2.45) is 0 Å². The molecule has 1 heterocycles. The van der Waals surface area contributed by atoms with Gasteiger partial charge in [0, 0.05) is 29.7 Å². The molecule has 0 amide bonds. The second kappa shape index (κ2) is 7.52. The Hall–Kier alpha value is -2.61. The van der Waals surface area contributed by atoms with Crippen LogP contribution in [0.15, 0.2) is 52.3 Å². The van der Waals surface area contributed by atoms with E-state index in [2.05, 4.69) is 4.90 Å². The lowest BCUT2D eigenvalue weighted by Crippen LogP contribution is -2.29. The molecule has 25 heavy (non-hydrogen) atoms. The summed E-state index contributed by atoms with van der Waals surface area (Å²) in [6.07, 6.45) is 3.67. The van der Waals surface area contributed by atoms with Crippen LogP contribution in [0.2, 0.25) is 0 Å². The number of nitro benzene ring substituents is 2. The van der Waals surface area contributed by atoms with Crippen LogP contribution in [0, 0.1) is 20.2 Å². The lowest BCUT2D eigenvalue weighted by atomic mass is 10.1. The highest BCUT2D eigenvalue weighted by atomic mass is 32.2. The van der Waals surface area contributed by atoms with Gasteiger partial charge in [-0.15, -0.1) is 0 Å². The molecule has 0 N–H and O–H groups in total. The van der Waals surface area contributed by atoms with E-state index in [1.54, 1.807) is 0 Å². The quantitative estimate of drug-likeness (QED) is 0.570. The van der Waals surface area contributed by atoms with E-state index in [-0.39, 0.29) is 11.4 Å². The van der Waals surface area contributed by atoms with E-state index in [1.807, 2.05) is 24.3 Å². The van der Waals surface area contributed by atoms with Crippen LogP contribution in [0.25, 0.3) is 0 Å². The maximum absolute atomic E-state index is 11.2. The summed E-state index contributed by atoms with van der Waals surface area (Å²) in [4.78, 5) is 24.4. The topological polar surface area (TPSA) is 89.5 Å². The van der Waals surface area contributed by atoms with Gasteiger partial charge in [-0.05, 0) is 49.6 Å². The molecule has 0 unspecified atom stereocenters. The first-order chi connectivity index (χ1) is 12.0. The van der Waals surface area contributed by atoms with Crippen molar-refractivity contribution in [3.05, 3.63) is 62.7 Å². The number of hydrogen-bond donors (Lipinski definition) is 0. The monoisotopic (exact) mass is 359 g/mol. The minimum absolute atomic E-state index is 0.251. The minimum Gasteiger partial charge on any atom is -0.372 e. The fraction of sp³-hybridized carbons (Fsp3) is 0.294. The largest absolute Gasteiger partial charge is 0.372 e. The SMILES string of the molecule is O=[N+]([O-])c1ccc(Sc2ccc(N3CCCCC3)cc2)c([N+](=O)[O-])c1. The van der Waals surface area contributed by atoms with Gasteiger partial charge < -0.3 is 4.90 Å². The fourth-order valence-electron chi connectivity index (χ4n) is 2.85. The lowest BCUT2D eigenvalue weighted by Gasteiger charge is -2.28. The molecule has 8 heteroatoms. The number of benzene rings is 2. The van der Waals surface area contributed by atoms with Gasteiger partial charge in [0.25, 0.3) is 11.4 Å². The summed E-state index contributed by atoms with van der Waals surface area (Å²) in [6.45, 7) is 2.11. The second-order valence-corrected chi connectivity index (χ2v) is 6.93. The van der Waals surface area contributed by atoms with Gasteiger partial charge in [0.05, 0.1) is 20.8 Å². The second-order valence-electron chi connectivity index (χ2n) is 5.81. The zero-order chi connectivity index (χ0) is 17.8. The molecule has 0 aliphatic carbocycles. The van der Waals surface area contributed by atoms with Gasteiger partial charge in [0.2, 0.25) is 0 Å². The first kappa shape index (κ1) is 17.2. The van der Waals surface area contributed by atoms with E-state index in [1.165, 1.54) is 43.2 Å². The zero-order valence-corrected chi connectivity index (χ0v) is 14.3. The van der Waals surface area contributed by atoms with Crippen molar-refractivity contribution in [1.29, 1.82) is 0 Å². The van der Waals surface area contributed by atoms with Gasteiger partial charge in [-0.3, -0.25) is 20.2 Å². The van der Waals surface area contributed by atoms with Crippen molar-refractivity contribution in [2.75, 3.05) is 18.0 Å². The molecule has 1 aliphatic heterocycles. The molecule has 0 atom stereocenters. The molecular formula is C17H17N3O4S. The van der Waals surface area contributed by atoms with E-state index >= 15 is 0 Å². The maximum atomic E-state index is 11.2. The first-order valence-corrected chi connectivity index (χ1v) is 8.82. The third-order valence-corrected chi connectivity index (χ3v) is 5.21. The summed E-state index contributed by atoms with van der Waals surface area (Å²) in [5.41, 5.74) is 0.623. The number of rotatable bonds is 5. The highest BCUT2D eigenvalue weighted by Gasteiger charge is 2.20. The van der Waals surface area contributed by atoms with E-state index in [4.69, 9.17) is 0 Å². The Balaban J connectivity index is 1.79. The van der Waals surface area contributed by atoms with Crippen LogP contribution in [-0.4, -0.2) is 22.9 Å². The molecule has 3 rings (SSSR count). The van der Waals surface area contributed by atoms with E-state index < -0.39 is 9.85 Å². The van der Waals surface area contributed by atoms with Gasteiger partial charge in [-0.1, -0.05) is 11.8 Å². The summed E-state index contributed by atoms with van der Waals surface area (Å²) in [6, 6.07) is 11.6. The number of piperidine rings is 1. The molecule has 130 valence electrons. The maximum Gasteiger partial charge on any atom is 0.290 e. The molecular weight excluding hydrogens is 342 g/mol. The van der Waals surface area contributed by atoms with E-state index in [0.717, 1.165) is 29.7 Å². The van der Waals surface area contributed by atoms with Crippen molar-refractivity contribution in [3.8, 4) is 0 Å². The van der Waals surface area contributed by atoms with Crippen LogP contribution in [0.3, 0.4) is 0 Å². The Labute approximate surface area is 148 Å². The molecule has 0 radical (unpaired) electrons. The summed E-state index contributed by atoms with van der Waals surface area (Å²) in [5, 5.41) is 22.0. The van der Waals surface area contributed by atoms with Crippen LogP contribution >= 0.6 is 11.8 Å². The molecule has 0 spiro atoms. The molecule has 1 saturated heterocycles. The highest BCUT2D eigenvalue weighted by Crippen LogP contribution is 2.37. The number of non-ortho nitro benzene ring substituents is 1. The minimum atomic E-state index is -0.630. The number of nitro groups is 2. The van der Waals surface area contributed by atoms with Gasteiger partial charge in [-0.2, -0.15) is 0 Å². The number of anilines is 1. The van der Waals surface area contributed by atoms with Gasteiger partial charge in [0.1, 0.15) is 0 Å². The predicted octanol–water partition coefficient (Wildman–Crippen LogP) is 4.64. The molecule has 2 aromatic rings. The number of hydrogen-bond acceptors (Lipinski definition) is 6. The summed E-state index contributed by atoms with van der Waals surface area (Å²) >= 11 is 1.24. The van der Waals surface area contributed by atoms with E-state index in [9.17, 15) is 20.2 Å². The van der Waals surface area contributed by atoms with Crippen molar-refractivity contribution >= 4 is 28.8 Å². The van der Waals surface area contributed by atoms with Gasteiger partial charge in [-0.25, -0.2) is 0 Å². The van der Waals surface area contributed by atoms with Crippen LogP contribution < -0.4 is 4.90 Å². The Kier molecular flexibility index (Phi) is 5.18. The molecule has 1 fully saturated rings. The first-order valence-electron chi connectivity index (χ1n) is 8.00. The molecule has 2 aromatic carbocycles. The van der Waals surface area contributed by atoms with Gasteiger partial charge in [0.15, 0.2) is 0 Å². The lowest BCUT2D eigenvalue weighted by molar-refractivity contribution is -0.396. The standard InChI is InChI=1S/C17H17N3O4S/c21-19(22)14-6-9-17(16(12-14)20(23)24)25-15-7-4-13(5-8-15)18-10-2-1-3-11-18/h4-9,12H,1-3,10-11H2. The Bertz CT molecular complexity index is 789. The average Bonchev–Trinajstić information content (AvgIpc) is 2.63. The van der Waals surface area contributed by atoms with Crippen molar-refractivity contribution in [2.45, 2.75) is 29.1 Å². The van der Waals surface area contributed by atoms with Crippen molar-refractivity contribution < 1.29 is 9.85 Å². The van der Waals surface area contributed by atoms with Crippen LogP contribution in [0.1, 0.15) is 19.3 Å². The zero-order valence-electron chi connectivity index (χ0n) is 13.5. The summed E-state index contributed by atoms with van der Waals surface area (Å²) < 4.78 is 0.